The molecule has 0 bridgehead atoms. The number of carbonyl (C=O) groups is 1. The zero-order valence-electron chi connectivity index (χ0n) is 36.9. The number of rotatable bonds is 42. The third-order valence-corrected chi connectivity index (χ3v) is 11.4. The van der Waals surface area contributed by atoms with Crippen molar-refractivity contribution in [3.8, 4) is 0 Å². The van der Waals surface area contributed by atoms with Crippen LogP contribution in [0.2, 0.25) is 0 Å². The number of amides is 1. The number of nitrogens with zero attached hydrogens (tertiary/aromatic N) is 1. The van der Waals surface area contributed by atoms with Gasteiger partial charge in [0, 0.05) is 6.42 Å². The molecule has 3 atom stereocenters. The number of hydrogen-bond acceptors (Lipinski definition) is 5. The third kappa shape index (κ3) is 41.0. The number of phosphoric acid groups is 1. The lowest BCUT2D eigenvalue weighted by atomic mass is 10.0. The van der Waals surface area contributed by atoms with E-state index in [0.29, 0.717) is 17.4 Å². The summed E-state index contributed by atoms with van der Waals surface area (Å²) in [5, 5.41) is 13.8. The quantitative estimate of drug-likeness (QED) is 0.0246. The lowest BCUT2D eigenvalue weighted by Gasteiger charge is -2.25. The molecule has 3 N–H and O–H groups in total. The van der Waals surface area contributed by atoms with Crippen LogP contribution in [0.3, 0.4) is 0 Å². The Kier molecular flexibility index (Phi) is 37.8. The van der Waals surface area contributed by atoms with Gasteiger partial charge in [0.1, 0.15) is 13.2 Å². The van der Waals surface area contributed by atoms with Crippen LogP contribution in [-0.4, -0.2) is 73.4 Å². The second-order valence-corrected chi connectivity index (χ2v) is 18.6. The van der Waals surface area contributed by atoms with E-state index in [-0.39, 0.29) is 19.1 Å². The Morgan fingerprint density at radius 2 is 1.02 bits per heavy atom. The van der Waals surface area contributed by atoms with E-state index < -0.39 is 20.0 Å². The summed E-state index contributed by atoms with van der Waals surface area (Å²) in [4.78, 5) is 23.0. The molecular formula is C46H92N2O6P+. The van der Waals surface area contributed by atoms with Gasteiger partial charge in [-0.3, -0.25) is 13.8 Å². The highest BCUT2D eigenvalue weighted by molar-refractivity contribution is 7.47. The summed E-state index contributed by atoms with van der Waals surface area (Å²) in [6.07, 6.45) is 45.5. The summed E-state index contributed by atoms with van der Waals surface area (Å²) in [5.41, 5.74) is 0. The van der Waals surface area contributed by atoms with E-state index in [1.807, 2.05) is 27.2 Å². The molecule has 8 nitrogen and oxygen atoms in total. The molecule has 0 heterocycles. The molecule has 55 heavy (non-hydrogen) atoms. The third-order valence-electron chi connectivity index (χ3n) is 10.4. The zero-order valence-corrected chi connectivity index (χ0v) is 37.8. The normalized spacial score (nSPS) is 14.5. The summed E-state index contributed by atoms with van der Waals surface area (Å²) in [6, 6.07) is -0.846. The first-order valence-electron chi connectivity index (χ1n) is 23.2. The van der Waals surface area contributed by atoms with Crippen LogP contribution in [0, 0.1) is 0 Å². The molecule has 0 saturated carbocycles. The summed E-state index contributed by atoms with van der Waals surface area (Å²) >= 11 is 0. The maximum atomic E-state index is 12.8. The first kappa shape index (κ1) is 54.0. The Morgan fingerprint density at radius 1 is 0.600 bits per heavy atom. The molecule has 0 aromatic carbocycles. The van der Waals surface area contributed by atoms with Crippen molar-refractivity contribution in [1.82, 2.24) is 5.32 Å². The highest BCUT2D eigenvalue weighted by Crippen LogP contribution is 2.43. The minimum absolute atomic E-state index is 0.0608. The molecule has 0 aromatic rings. The van der Waals surface area contributed by atoms with Crippen LogP contribution in [0.5, 0.6) is 0 Å². The van der Waals surface area contributed by atoms with Gasteiger partial charge in [0.2, 0.25) is 5.91 Å². The van der Waals surface area contributed by atoms with Gasteiger partial charge in [-0.05, 0) is 38.5 Å². The van der Waals surface area contributed by atoms with Crippen molar-refractivity contribution < 1.29 is 32.9 Å². The zero-order chi connectivity index (χ0) is 40.7. The maximum Gasteiger partial charge on any atom is 0.472 e. The lowest BCUT2D eigenvalue weighted by molar-refractivity contribution is -0.870. The van der Waals surface area contributed by atoms with E-state index in [1.165, 1.54) is 135 Å². The second-order valence-electron chi connectivity index (χ2n) is 17.1. The predicted molar refractivity (Wildman–Crippen MR) is 235 cm³/mol. The molecule has 0 fully saturated rings. The Balaban J connectivity index is 4.25. The largest absolute Gasteiger partial charge is 0.472 e. The van der Waals surface area contributed by atoms with Gasteiger partial charge in [-0.1, -0.05) is 192 Å². The van der Waals surface area contributed by atoms with Crippen LogP contribution in [0.15, 0.2) is 24.3 Å². The molecule has 0 aliphatic heterocycles. The van der Waals surface area contributed by atoms with Crippen molar-refractivity contribution in [3.05, 3.63) is 24.3 Å². The molecule has 0 aromatic heterocycles. The molecule has 1 amide bonds. The Labute approximate surface area is 341 Å². The van der Waals surface area contributed by atoms with Crippen molar-refractivity contribution in [2.45, 2.75) is 225 Å². The number of carbonyl (C=O) groups excluding carboxylic acids is 1. The Bertz CT molecular complexity index is 953. The van der Waals surface area contributed by atoms with Crippen LogP contribution in [0.1, 0.15) is 213 Å². The number of aliphatic hydroxyl groups excluding tert-OH is 1. The van der Waals surface area contributed by atoms with Crippen molar-refractivity contribution in [3.63, 3.8) is 0 Å². The minimum atomic E-state index is -4.33. The summed E-state index contributed by atoms with van der Waals surface area (Å²) in [5.74, 6) is -0.188. The molecule has 0 saturated heterocycles. The van der Waals surface area contributed by atoms with E-state index in [1.54, 1.807) is 6.08 Å². The van der Waals surface area contributed by atoms with Gasteiger partial charge in [0.05, 0.1) is 39.9 Å². The van der Waals surface area contributed by atoms with E-state index >= 15 is 0 Å². The van der Waals surface area contributed by atoms with E-state index in [0.717, 1.165) is 57.8 Å². The summed E-state index contributed by atoms with van der Waals surface area (Å²) < 4.78 is 23.5. The van der Waals surface area contributed by atoms with Gasteiger partial charge in [-0.2, -0.15) is 0 Å². The number of likely N-dealkylation sites (N-methyl/N-ethyl adjacent to an activating group) is 1. The first-order chi connectivity index (χ1) is 26.5. The number of nitrogens with one attached hydrogen (secondary N) is 1. The van der Waals surface area contributed by atoms with Crippen LogP contribution >= 0.6 is 7.82 Å². The molecular weight excluding hydrogens is 707 g/mol. The van der Waals surface area contributed by atoms with Gasteiger partial charge in [0.15, 0.2) is 0 Å². The molecule has 326 valence electrons. The van der Waals surface area contributed by atoms with Gasteiger partial charge in [0.25, 0.3) is 0 Å². The highest BCUT2D eigenvalue weighted by atomic mass is 31.2. The molecule has 9 heteroatoms. The standard InChI is InChI=1S/C46H91N2O6P/c1-6-8-10-12-14-16-18-19-20-21-22-23-24-25-26-27-28-29-30-31-33-35-37-39-45(49)44(43-54-55(51,52)53-42-41-48(3,4)5)47-46(50)40-38-36-34-32-17-15-13-11-9-7-2/h11,13,37,39,44-45,49H,6-10,12,14-36,38,40-43H2,1-5H3,(H-,47,50,51,52)/p+1/b13-11-,39-37+. The molecule has 3 unspecified atom stereocenters. The number of aliphatic hydroxyl groups is 1. The van der Waals surface area contributed by atoms with Crippen LogP contribution in [0.4, 0.5) is 0 Å². The maximum absolute atomic E-state index is 12.8. The van der Waals surface area contributed by atoms with E-state index in [9.17, 15) is 19.4 Å². The van der Waals surface area contributed by atoms with Gasteiger partial charge < -0.3 is 19.8 Å². The average molecular weight is 800 g/mol. The number of phosphoric ester groups is 1. The molecule has 0 radical (unpaired) electrons. The topological polar surface area (TPSA) is 105 Å². The number of quaternary nitrogens is 1. The van der Waals surface area contributed by atoms with E-state index in [2.05, 4.69) is 31.3 Å². The fourth-order valence-electron chi connectivity index (χ4n) is 6.69. The monoisotopic (exact) mass is 800 g/mol. The van der Waals surface area contributed by atoms with Crippen molar-refractivity contribution in [1.29, 1.82) is 0 Å². The summed E-state index contributed by atoms with van der Waals surface area (Å²) in [6.45, 7) is 4.75. The Morgan fingerprint density at radius 3 is 1.47 bits per heavy atom. The highest BCUT2D eigenvalue weighted by Gasteiger charge is 2.27. The van der Waals surface area contributed by atoms with Gasteiger partial charge in [-0.25, -0.2) is 4.57 Å². The van der Waals surface area contributed by atoms with Crippen LogP contribution in [0.25, 0.3) is 0 Å². The fraction of sp³-hybridized carbons (Fsp3) is 0.891. The van der Waals surface area contributed by atoms with Gasteiger partial charge in [-0.15, -0.1) is 0 Å². The average Bonchev–Trinajstić information content (AvgIpc) is 3.13. The molecule has 0 rings (SSSR count). The van der Waals surface area contributed by atoms with Gasteiger partial charge >= 0.3 is 7.82 Å². The minimum Gasteiger partial charge on any atom is -0.387 e. The molecule has 0 aliphatic carbocycles. The van der Waals surface area contributed by atoms with Crippen LogP contribution < -0.4 is 5.32 Å². The molecule has 0 spiro atoms. The van der Waals surface area contributed by atoms with Crippen LogP contribution in [-0.2, 0) is 18.4 Å². The fourth-order valence-corrected chi connectivity index (χ4v) is 7.43. The van der Waals surface area contributed by atoms with Crippen molar-refractivity contribution in [2.75, 3.05) is 40.9 Å². The van der Waals surface area contributed by atoms with E-state index in [4.69, 9.17) is 9.05 Å². The predicted octanol–water partition coefficient (Wildman–Crippen LogP) is 12.9. The molecule has 0 aliphatic rings. The van der Waals surface area contributed by atoms with Crippen molar-refractivity contribution >= 4 is 13.7 Å². The smallest absolute Gasteiger partial charge is 0.387 e. The number of hydrogen-bond donors (Lipinski definition) is 3. The summed E-state index contributed by atoms with van der Waals surface area (Å²) in [7, 11) is 1.57. The SMILES string of the molecule is CCC/C=C\CCCCCCCC(=O)NC(COP(=O)(O)OCC[N+](C)(C)C)C(O)/C=C/CCCCCCCCCCCCCCCCCCCCCCC. The van der Waals surface area contributed by atoms with Crippen molar-refractivity contribution in [2.24, 2.45) is 0 Å². The first-order valence-corrected chi connectivity index (χ1v) is 24.7. The number of allylic oxidation sites excluding steroid dienone is 3. The Hall–Kier alpha value is -1.02. The lowest BCUT2D eigenvalue weighted by Crippen LogP contribution is -2.45. The number of unbranched alkanes of at least 4 members (excludes halogenated alkanes) is 27. The second kappa shape index (κ2) is 38.5.